The van der Waals surface area contributed by atoms with Gasteiger partial charge in [0.1, 0.15) is 11.5 Å². The van der Waals surface area contributed by atoms with Crippen LogP contribution < -0.4 is 15.2 Å². The summed E-state index contributed by atoms with van der Waals surface area (Å²) in [5, 5.41) is 4.20. The standard InChI is InChI=1S/C13H17N3O2/c1-3-4-16-9-13(8-15-16)18-12-6-10(14)5-11(7-12)17-2/h5-9H,3-4,14H2,1-2H3. The Morgan fingerprint density at radius 3 is 2.72 bits per heavy atom. The molecule has 0 saturated carbocycles. The second kappa shape index (κ2) is 5.44. The lowest BCUT2D eigenvalue weighted by atomic mass is 10.3. The lowest BCUT2D eigenvalue weighted by Gasteiger charge is -2.06. The minimum atomic E-state index is 0.602. The molecule has 1 aromatic carbocycles. The number of aromatic nitrogens is 2. The summed E-state index contributed by atoms with van der Waals surface area (Å²) in [5.41, 5.74) is 6.36. The number of ether oxygens (including phenoxy) is 2. The van der Waals surface area contributed by atoms with Crippen LogP contribution in [0, 0.1) is 0 Å². The number of rotatable bonds is 5. The number of nitrogen functional groups attached to an aromatic ring is 1. The highest BCUT2D eigenvalue weighted by Gasteiger charge is 2.04. The highest BCUT2D eigenvalue weighted by molar-refractivity contribution is 5.51. The van der Waals surface area contributed by atoms with Gasteiger partial charge in [-0.25, -0.2) is 0 Å². The summed E-state index contributed by atoms with van der Waals surface area (Å²) < 4.78 is 12.7. The summed E-state index contributed by atoms with van der Waals surface area (Å²) in [5.74, 6) is 2.00. The van der Waals surface area contributed by atoms with Gasteiger partial charge in [0.2, 0.25) is 0 Å². The molecule has 2 aromatic rings. The maximum absolute atomic E-state index is 5.76. The Kier molecular flexibility index (Phi) is 3.72. The molecule has 0 amide bonds. The van der Waals surface area contributed by atoms with Crippen LogP contribution in [0.15, 0.2) is 30.6 Å². The fourth-order valence-electron chi connectivity index (χ4n) is 1.66. The molecule has 0 spiro atoms. The molecule has 1 aromatic heterocycles. The molecular formula is C13H17N3O2. The van der Waals surface area contributed by atoms with Crippen molar-refractivity contribution in [2.75, 3.05) is 12.8 Å². The van der Waals surface area contributed by atoms with Crippen LogP contribution in [0.4, 0.5) is 5.69 Å². The van der Waals surface area contributed by atoms with Crippen molar-refractivity contribution in [2.24, 2.45) is 0 Å². The van der Waals surface area contributed by atoms with Gasteiger partial charge in [-0.2, -0.15) is 5.10 Å². The summed E-state index contributed by atoms with van der Waals surface area (Å²) in [6, 6.07) is 5.28. The maximum atomic E-state index is 5.76. The van der Waals surface area contributed by atoms with Gasteiger partial charge in [0.25, 0.3) is 0 Å². The first-order chi connectivity index (χ1) is 8.71. The Morgan fingerprint density at radius 1 is 1.22 bits per heavy atom. The van der Waals surface area contributed by atoms with E-state index in [0.717, 1.165) is 13.0 Å². The lowest BCUT2D eigenvalue weighted by molar-refractivity contribution is 0.409. The van der Waals surface area contributed by atoms with Crippen molar-refractivity contribution in [1.82, 2.24) is 9.78 Å². The zero-order chi connectivity index (χ0) is 13.0. The van der Waals surface area contributed by atoms with E-state index < -0.39 is 0 Å². The Labute approximate surface area is 106 Å². The molecule has 0 fully saturated rings. The van der Waals surface area contributed by atoms with Crippen LogP contribution in [0.3, 0.4) is 0 Å². The number of methoxy groups -OCH3 is 1. The van der Waals surface area contributed by atoms with E-state index in [9.17, 15) is 0 Å². The van der Waals surface area contributed by atoms with E-state index in [1.54, 1.807) is 31.5 Å². The molecule has 1 heterocycles. The van der Waals surface area contributed by atoms with Crippen LogP contribution in [0.25, 0.3) is 0 Å². The Morgan fingerprint density at radius 2 is 2.00 bits per heavy atom. The van der Waals surface area contributed by atoms with Gasteiger partial charge >= 0.3 is 0 Å². The van der Waals surface area contributed by atoms with Gasteiger partial charge in [-0.3, -0.25) is 4.68 Å². The molecule has 0 aliphatic heterocycles. The molecule has 0 aliphatic rings. The van der Waals surface area contributed by atoms with Crippen LogP contribution in [-0.4, -0.2) is 16.9 Å². The number of benzene rings is 1. The van der Waals surface area contributed by atoms with Crippen LogP contribution in [0.2, 0.25) is 0 Å². The molecule has 2 rings (SSSR count). The van der Waals surface area contributed by atoms with Crippen LogP contribution in [0.1, 0.15) is 13.3 Å². The Hall–Kier alpha value is -2.17. The van der Waals surface area contributed by atoms with E-state index in [1.807, 2.05) is 10.9 Å². The minimum Gasteiger partial charge on any atom is -0.497 e. The van der Waals surface area contributed by atoms with Gasteiger partial charge in [-0.15, -0.1) is 0 Å². The van der Waals surface area contributed by atoms with Crippen molar-refractivity contribution in [1.29, 1.82) is 0 Å². The quantitative estimate of drug-likeness (QED) is 0.825. The van der Waals surface area contributed by atoms with Gasteiger partial charge in [-0.05, 0) is 6.42 Å². The van der Waals surface area contributed by atoms with Crippen LogP contribution >= 0.6 is 0 Å². The normalized spacial score (nSPS) is 10.3. The van der Waals surface area contributed by atoms with Crippen LogP contribution in [0.5, 0.6) is 17.2 Å². The number of nitrogens with two attached hydrogens (primary N) is 1. The smallest absolute Gasteiger partial charge is 0.165 e. The number of hydrogen-bond donors (Lipinski definition) is 1. The molecular weight excluding hydrogens is 230 g/mol. The first kappa shape index (κ1) is 12.3. The predicted octanol–water partition coefficient (Wildman–Crippen LogP) is 2.68. The zero-order valence-corrected chi connectivity index (χ0v) is 10.6. The second-order valence-corrected chi connectivity index (χ2v) is 3.98. The van der Waals surface area contributed by atoms with Gasteiger partial charge < -0.3 is 15.2 Å². The number of anilines is 1. The average Bonchev–Trinajstić information content (AvgIpc) is 2.76. The fourth-order valence-corrected chi connectivity index (χ4v) is 1.66. The SMILES string of the molecule is CCCn1cc(Oc2cc(N)cc(OC)c2)cn1. The van der Waals surface area contributed by atoms with E-state index in [2.05, 4.69) is 12.0 Å². The first-order valence-electron chi connectivity index (χ1n) is 5.86. The average molecular weight is 247 g/mol. The van der Waals surface area contributed by atoms with E-state index >= 15 is 0 Å². The third-order valence-corrected chi connectivity index (χ3v) is 2.44. The van der Waals surface area contributed by atoms with Gasteiger partial charge in [0.15, 0.2) is 5.75 Å². The molecule has 0 atom stereocenters. The van der Waals surface area contributed by atoms with Gasteiger partial charge in [-0.1, -0.05) is 6.92 Å². The zero-order valence-electron chi connectivity index (χ0n) is 10.6. The van der Waals surface area contributed by atoms with Crippen molar-refractivity contribution >= 4 is 5.69 Å². The van der Waals surface area contributed by atoms with Crippen LogP contribution in [-0.2, 0) is 6.54 Å². The highest BCUT2D eigenvalue weighted by Crippen LogP contribution is 2.28. The topological polar surface area (TPSA) is 62.3 Å². The second-order valence-electron chi connectivity index (χ2n) is 3.98. The van der Waals surface area contributed by atoms with Gasteiger partial charge in [0, 0.05) is 30.4 Å². The van der Waals surface area contributed by atoms with E-state index in [4.69, 9.17) is 15.2 Å². The van der Waals surface area contributed by atoms with E-state index in [1.165, 1.54) is 0 Å². The molecule has 5 heteroatoms. The minimum absolute atomic E-state index is 0.602. The summed E-state index contributed by atoms with van der Waals surface area (Å²) in [7, 11) is 1.60. The molecule has 5 nitrogen and oxygen atoms in total. The summed E-state index contributed by atoms with van der Waals surface area (Å²) in [6.07, 6.45) is 4.58. The Bertz CT molecular complexity index is 523. The third-order valence-electron chi connectivity index (χ3n) is 2.44. The monoisotopic (exact) mass is 247 g/mol. The largest absolute Gasteiger partial charge is 0.497 e. The molecule has 0 radical (unpaired) electrons. The van der Waals surface area contributed by atoms with E-state index in [-0.39, 0.29) is 0 Å². The van der Waals surface area contributed by atoms with Crippen molar-refractivity contribution in [3.8, 4) is 17.2 Å². The van der Waals surface area contributed by atoms with Crippen molar-refractivity contribution in [3.63, 3.8) is 0 Å². The van der Waals surface area contributed by atoms with Crippen molar-refractivity contribution in [3.05, 3.63) is 30.6 Å². The summed E-state index contributed by atoms with van der Waals surface area (Å²) in [4.78, 5) is 0. The maximum Gasteiger partial charge on any atom is 0.165 e. The first-order valence-corrected chi connectivity index (χ1v) is 5.86. The molecule has 0 unspecified atom stereocenters. The summed E-state index contributed by atoms with van der Waals surface area (Å²) in [6.45, 7) is 2.98. The molecule has 0 bridgehead atoms. The number of hydrogen-bond acceptors (Lipinski definition) is 4. The molecule has 0 saturated heterocycles. The molecule has 0 aliphatic carbocycles. The summed E-state index contributed by atoms with van der Waals surface area (Å²) >= 11 is 0. The predicted molar refractivity (Wildman–Crippen MR) is 70.0 cm³/mol. The third kappa shape index (κ3) is 2.94. The molecule has 96 valence electrons. The molecule has 2 N–H and O–H groups in total. The van der Waals surface area contributed by atoms with Crippen molar-refractivity contribution < 1.29 is 9.47 Å². The molecule has 18 heavy (non-hydrogen) atoms. The Balaban J connectivity index is 2.14. The van der Waals surface area contributed by atoms with E-state index in [0.29, 0.717) is 22.9 Å². The highest BCUT2D eigenvalue weighted by atomic mass is 16.5. The fraction of sp³-hybridized carbons (Fsp3) is 0.308. The van der Waals surface area contributed by atoms with Gasteiger partial charge in [0.05, 0.1) is 19.5 Å². The number of nitrogens with zero attached hydrogens (tertiary/aromatic N) is 2. The number of aryl methyl sites for hydroxylation is 1. The van der Waals surface area contributed by atoms with Crippen molar-refractivity contribution in [2.45, 2.75) is 19.9 Å². The lowest BCUT2D eigenvalue weighted by Crippen LogP contribution is -1.95.